The van der Waals surface area contributed by atoms with Gasteiger partial charge in [0, 0.05) is 25.8 Å². The van der Waals surface area contributed by atoms with Crippen molar-refractivity contribution in [2.24, 2.45) is 0 Å². The second-order valence-corrected chi connectivity index (χ2v) is 7.24. The molecule has 0 saturated heterocycles. The van der Waals surface area contributed by atoms with E-state index in [-0.39, 0.29) is 15.7 Å². The number of sulfonamides is 1. The van der Waals surface area contributed by atoms with Crippen LogP contribution in [0.15, 0.2) is 40.0 Å². The van der Waals surface area contributed by atoms with E-state index < -0.39 is 21.6 Å². The summed E-state index contributed by atoms with van der Waals surface area (Å²) in [7, 11) is -0.692. The molecule has 0 bridgehead atoms. The van der Waals surface area contributed by atoms with Crippen LogP contribution in [0.1, 0.15) is 10.5 Å². The molecule has 0 saturated carbocycles. The quantitative estimate of drug-likeness (QED) is 0.791. The number of nitrogens with one attached hydrogen (secondary N) is 2. The second kappa shape index (κ2) is 6.49. The van der Waals surface area contributed by atoms with E-state index in [1.807, 2.05) is 0 Å². The highest BCUT2D eigenvalue weighted by Crippen LogP contribution is 2.17. The normalized spacial score (nSPS) is 11.5. The zero-order chi connectivity index (χ0) is 17.2. The van der Waals surface area contributed by atoms with E-state index >= 15 is 0 Å². The van der Waals surface area contributed by atoms with Gasteiger partial charge in [-0.3, -0.25) is 9.78 Å². The van der Waals surface area contributed by atoms with Crippen LogP contribution < -0.4 is 11.0 Å². The van der Waals surface area contributed by atoms with Gasteiger partial charge in [-0.2, -0.15) is 4.98 Å². The highest BCUT2D eigenvalue weighted by atomic mass is 35.5. The number of aromatic amines is 1. The molecule has 0 atom stereocenters. The van der Waals surface area contributed by atoms with Gasteiger partial charge in [0.25, 0.3) is 5.91 Å². The fraction of sp³-hybridized carbons (Fsp3) is 0.154. The van der Waals surface area contributed by atoms with E-state index in [0.717, 1.165) is 4.31 Å². The summed E-state index contributed by atoms with van der Waals surface area (Å²) in [6.45, 7) is 0. The van der Waals surface area contributed by atoms with Crippen LogP contribution in [-0.4, -0.2) is 42.7 Å². The highest BCUT2D eigenvalue weighted by Gasteiger charge is 2.17. The molecule has 0 radical (unpaired) electrons. The average molecular weight is 357 g/mol. The Balaban J connectivity index is 2.21. The van der Waals surface area contributed by atoms with Gasteiger partial charge >= 0.3 is 5.69 Å². The smallest absolute Gasteiger partial charge is 0.321 e. The number of hydrogen-bond donors (Lipinski definition) is 2. The first-order valence-corrected chi connectivity index (χ1v) is 8.13. The van der Waals surface area contributed by atoms with Crippen LogP contribution in [0.2, 0.25) is 5.15 Å². The third-order valence-corrected chi connectivity index (χ3v) is 4.87. The van der Waals surface area contributed by atoms with E-state index in [2.05, 4.69) is 15.3 Å². The molecule has 1 aromatic carbocycles. The number of H-pyrrole nitrogens is 1. The van der Waals surface area contributed by atoms with E-state index in [0.29, 0.717) is 5.69 Å². The Kier molecular flexibility index (Phi) is 4.83. The lowest BCUT2D eigenvalue weighted by Crippen LogP contribution is -2.22. The van der Waals surface area contributed by atoms with Gasteiger partial charge in [0.2, 0.25) is 10.0 Å². The fourth-order valence-electron chi connectivity index (χ4n) is 1.66. The molecule has 0 fully saturated rings. The predicted octanol–water partition coefficient (Wildman–Crippen LogP) is 0.926. The van der Waals surface area contributed by atoms with Crippen LogP contribution in [0.3, 0.4) is 0 Å². The maximum absolute atomic E-state index is 12.0. The summed E-state index contributed by atoms with van der Waals surface area (Å²) in [6.07, 6.45) is 0. The third kappa shape index (κ3) is 3.95. The minimum Gasteiger partial charge on any atom is -0.321 e. The Morgan fingerprint density at radius 3 is 2.39 bits per heavy atom. The molecule has 1 heterocycles. The van der Waals surface area contributed by atoms with Crippen LogP contribution in [0.5, 0.6) is 0 Å². The molecule has 0 aliphatic rings. The Morgan fingerprint density at radius 2 is 1.87 bits per heavy atom. The molecule has 2 rings (SSSR count). The number of aromatic nitrogens is 2. The minimum atomic E-state index is -3.54. The van der Waals surface area contributed by atoms with Crippen LogP contribution in [0.25, 0.3) is 0 Å². The van der Waals surface area contributed by atoms with Crippen LogP contribution >= 0.6 is 11.6 Å². The molecule has 0 unspecified atom stereocenters. The molecule has 1 amide bonds. The maximum Gasteiger partial charge on any atom is 0.346 e. The standard InChI is InChI=1S/C13H13ClN4O4S/c1-18(2)23(21,22)9-5-3-8(4-6-9)15-12(19)10-7-11(14)17-13(20)16-10/h3-7H,1-2H3,(H,15,19)(H,16,17,20). The second-order valence-electron chi connectivity index (χ2n) is 4.69. The molecule has 2 aromatic rings. The van der Waals surface area contributed by atoms with Crippen LogP contribution in [-0.2, 0) is 10.0 Å². The molecule has 0 spiro atoms. The molecule has 0 aliphatic carbocycles. The molecule has 122 valence electrons. The zero-order valence-corrected chi connectivity index (χ0v) is 13.8. The monoisotopic (exact) mass is 356 g/mol. The van der Waals surface area contributed by atoms with Gasteiger partial charge in [-0.1, -0.05) is 11.6 Å². The molecule has 1 aromatic heterocycles. The topological polar surface area (TPSA) is 112 Å². The van der Waals surface area contributed by atoms with Crippen molar-refractivity contribution in [3.8, 4) is 0 Å². The summed E-state index contributed by atoms with van der Waals surface area (Å²) < 4.78 is 25.0. The van der Waals surface area contributed by atoms with Crippen molar-refractivity contribution < 1.29 is 13.2 Å². The van der Waals surface area contributed by atoms with Crippen molar-refractivity contribution in [2.75, 3.05) is 19.4 Å². The molecule has 10 heteroatoms. The van der Waals surface area contributed by atoms with E-state index in [1.54, 1.807) is 0 Å². The lowest BCUT2D eigenvalue weighted by Gasteiger charge is -2.11. The van der Waals surface area contributed by atoms with Crippen molar-refractivity contribution >= 4 is 33.2 Å². The average Bonchev–Trinajstić information content (AvgIpc) is 2.46. The van der Waals surface area contributed by atoms with Crippen molar-refractivity contribution in [3.63, 3.8) is 0 Å². The molecule has 23 heavy (non-hydrogen) atoms. The number of rotatable bonds is 4. The highest BCUT2D eigenvalue weighted by molar-refractivity contribution is 7.89. The van der Waals surface area contributed by atoms with Gasteiger partial charge < -0.3 is 5.32 Å². The molecule has 2 N–H and O–H groups in total. The number of anilines is 1. The summed E-state index contributed by atoms with van der Waals surface area (Å²) in [5.74, 6) is -0.638. The number of halogens is 1. The fourth-order valence-corrected chi connectivity index (χ4v) is 2.75. The first kappa shape index (κ1) is 17.1. The van der Waals surface area contributed by atoms with Gasteiger partial charge in [0.05, 0.1) is 4.90 Å². The van der Waals surface area contributed by atoms with Gasteiger partial charge in [-0.05, 0) is 24.3 Å². The van der Waals surface area contributed by atoms with Crippen molar-refractivity contribution in [3.05, 3.63) is 51.7 Å². The van der Waals surface area contributed by atoms with Gasteiger partial charge in [0.1, 0.15) is 10.8 Å². The predicted molar refractivity (Wildman–Crippen MR) is 85.1 cm³/mol. The zero-order valence-electron chi connectivity index (χ0n) is 12.2. The van der Waals surface area contributed by atoms with E-state index in [1.165, 1.54) is 44.4 Å². The summed E-state index contributed by atoms with van der Waals surface area (Å²) in [5.41, 5.74) is -0.537. The van der Waals surface area contributed by atoms with Crippen molar-refractivity contribution in [1.82, 2.24) is 14.3 Å². The Labute approximate surface area is 137 Å². The van der Waals surface area contributed by atoms with Gasteiger partial charge in [-0.25, -0.2) is 17.5 Å². The minimum absolute atomic E-state index is 0.0115. The first-order chi connectivity index (χ1) is 10.7. The van der Waals surface area contributed by atoms with Crippen LogP contribution in [0, 0.1) is 0 Å². The Morgan fingerprint density at radius 1 is 1.26 bits per heavy atom. The van der Waals surface area contributed by atoms with Gasteiger partial charge in [0.15, 0.2) is 0 Å². The number of hydrogen-bond acceptors (Lipinski definition) is 5. The number of benzene rings is 1. The number of carbonyl (C=O) groups excluding carboxylic acids is 1. The Hall–Kier alpha value is -2.23. The number of carbonyl (C=O) groups is 1. The molecular formula is C13H13ClN4O4S. The molecule has 8 nitrogen and oxygen atoms in total. The summed E-state index contributed by atoms with van der Waals surface area (Å²) >= 11 is 5.65. The lowest BCUT2D eigenvalue weighted by atomic mass is 10.3. The van der Waals surface area contributed by atoms with Crippen molar-refractivity contribution in [2.45, 2.75) is 4.90 Å². The number of amides is 1. The largest absolute Gasteiger partial charge is 0.346 e. The lowest BCUT2D eigenvalue weighted by molar-refractivity contribution is 0.102. The van der Waals surface area contributed by atoms with E-state index in [4.69, 9.17) is 11.6 Å². The Bertz CT molecular complexity index is 891. The molecule has 0 aliphatic heterocycles. The van der Waals surface area contributed by atoms with E-state index in [9.17, 15) is 18.0 Å². The SMILES string of the molecule is CN(C)S(=O)(=O)c1ccc(NC(=O)c2cc(Cl)[nH]c(=O)n2)cc1. The van der Waals surface area contributed by atoms with Gasteiger partial charge in [-0.15, -0.1) is 0 Å². The summed E-state index contributed by atoms with van der Waals surface area (Å²) in [4.78, 5) is 29.0. The van der Waals surface area contributed by atoms with Crippen LogP contribution in [0.4, 0.5) is 5.69 Å². The maximum atomic E-state index is 12.0. The number of nitrogens with zero attached hydrogens (tertiary/aromatic N) is 2. The summed E-state index contributed by atoms with van der Waals surface area (Å²) in [5, 5.41) is 2.49. The first-order valence-electron chi connectivity index (χ1n) is 6.31. The molecular weight excluding hydrogens is 344 g/mol. The third-order valence-electron chi connectivity index (χ3n) is 2.84. The summed E-state index contributed by atoms with van der Waals surface area (Å²) in [6, 6.07) is 6.81. The van der Waals surface area contributed by atoms with Crippen molar-refractivity contribution in [1.29, 1.82) is 0 Å².